The molecule has 148 valence electrons. The van der Waals surface area contributed by atoms with E-state index in [4.69, 9.17) is 5.73 Å². The molecule has 8 heteroatoms. The number of nitrogens with one attached hydrogen (secondary N) is 2. The number of nitrogens with zero attached hydrogens (tertiary/aromatic N) is 2. The predicted molar refractivity (Wildman–Crippen MR) is 111 cm³/mol. The van der Waals surface area contributed by atoms with Gasteiger partial charge in [-0.15, -0.1) is 11.8 Å². The number of amides is 2. The highest BCUT2D eigenvalue weighted by atomic mass is 32.2. The van der Waals surface area contributed by atoms with Gasteiger partial charge in [0, 0.05) is 35.9 Å². The highest BCUT2D eigenvalue weighted by Crippen LogP contribution is 2.29. The predicted octanol–water partition coefficient (Wildman–Crippen LogP) is 2.46. The number of aryl methyl sites for hydroxylation is 2. The number of benzene rings is 1. The van der Waals surface area contributed by atoms with Crippen molar-refractivity contribution in [3.05, 3.63) is 34.9 Å². The minimum Gasteiger partial charge on any atom is -0.368 e. The summed E-state index contributed by atoms with van der Waals surface area (Å²) in [6, 6.07) is 5.70. The molecule has 1 aromatic heterocycles. The third-order valence-electron chi connectivity index (χ3n) is 4.66. The molecular weight excluding hydrogens is 374 g/mol. The van der Waals surface area contributed by atoms with Crippen LogP contribution in [0, 0.1) is 13.8 Å². The van der Waals surface area contributed by atoms with Gasteiger partial charge in [-0.05, 0) is 50.5 Å². The molecular formula is C20H25N5O2S. The lowest BCUT2D eigenvalue weighted by molar-refractivity contribution is -0.121. The van der Waals surface area contributed by atoms with Crippen LogP contribution in [0.2, 0.25) is 0 Å². The van der Waals surface area contributed by atoms with Gasteiger partial charge in [0.1, 0.15) is 5.03 Å². The van der Waals surface area contributed by atoms with Crippen LogP contribution in [0.3, 0.4) is 0 Å². The highest BCUT2D eigenvalue weighted by Gasteiger charge is 2.16. The van der Waals surface area contributed by atoms with E-state index >= 15 is 0 Å². The summed E-state index contributed by atoms with van der Waals surface area (Å²) in [4.78, 5) is 33.4. The van der Waals surface area contributed by atoms with Crippen LogP contribution in [-0.2, 0) is 4.79 Å². The van der Waals surface area contributed by atoms with Crippen molar-refractivity contribution in [3.8, 4) is 11.3 Å². The molecule has 1 aliphatic heterocycles. The van der Waals surface area contributed by atoms with Crippen LogP contribution in [-0.4, -0.2) is 40.1 Å². The number of nitrogen functional groups attached to an aromatic ring is 1. The molecule has 7 nitrogen and oxygen atoms in total. The molecule has 1 aromatic carbocycles. The average Bonchev–Trinajstić information content (AvgIpc) is 2.60. The Kier molecular flexibility index (Phi) is 6.18. The zero-order valence-corrected chi connectivity index (χ0v) is 17.2. The van der Waals surface area contributed by atoms with Crippen molar-refractivity contribution in [2.45, 2.75) is 44.7 Å². The van der Waals surface area contributed by atoms with E-state index in [-0.39, 0.29) is 23.8 Å². The van der Waals surface area contributed by atoms with E-state index < -0.39 is 0 Å². The third kappa shape index (κ3) is 4.81. The lowest BCUT2D eigenvalue weighted by atomic mass is 9.97. The van der Waals surface area contributed by atoms with Crippen molar-refractivity contribution in [3.63, 3.8) is 0 Å². The first-order valence-corrected chi connectivity index (χ1v) is 10.3. The summed E-state index contributed by atoms with van der Waals surface area (Å²) in [7, 11) is 0. The SMILES string of the molecule is Cc1cc(C)c2cc1C(=O)NCCC(C)NC(=O)CCSc1cc-2nc(N)n1. The molecule has 1 unspecified atom stereocenters. The van der Waals surface area contributed by atoms with Gasteiger partial charge in [-0.2, -0.15) is 0 Å². The van der Waals surface area contributed by atoms with E-state index in [9.17, 15) is 9.59 Å². The smallest absolute Gasteiger partial charge is 0.251 e. The van der Waals surface area contributed by atoms with Crippen molar-refractivity contribution < 1.29 is 9.59 Å². The van der Waals surface area contributed by atoms with Gasteiger partial charge in [-0.25, -0.2) is 9.97 Å². The summed E-state index contributed by atoms with van der Waals surface area (Å²) in [5.74, 6) is 0.618. The number of carbonyl (C=O) groups is 2. The van der Waals surface area contributed by atoms with Crippen LogP contribution >= 0.6 is 11.8 Å². The maximum Gasteiger partial charge on any atom is 0.251 e. The number of hydrogen-bond acceptors (Lipinski definition) is 6. The van der Waals surface area contributed by atoms with Crippen LogP contribution < -0.4 is 16.4 Å². The second-order valence-corrected chi connectivity index (χ2v) is 8.16. The van der Waals surface area contributed by atoms with Gasteiger partial charge < -0.3 is 16.4 Å². The molecule has 2 amide bonds. The summed E-state index contributed by atoms with van der Waals surface area (Å²) in [5, 5.41) is 6.61. The third-order valence-corrected chi connectivity index (χ3v) is 5.57. The number of rotatable bonds is 0. The minimum atomic E-state index is -0.138. The number of nitrogens with two attached hydrogens (primary N) is 1. The van der Waals surface area contributed by atoms with Gasteiger partial charge >= 0.3 is 0 Å². The minimum absolute atomic E-state index is 0.0123. The lowest BCUT2D eigenvalue weighted by Gasteiger charge is -2.16. The van der Waals surface area contributed by atoms with E-state index in [0.717, 1.165) is 16.7 Å². The highest BCUT2D eigenvalue weighted by molar-refractivity contribution is 7.99. The summed E-state index contributed by atoms with van der Waals surface area (Å²) in [5.41, 5.74) is 9.96. The molecule has 4 N–H and O–H groups in total. The number of anilines is 1. The maximum absolute atomic E-state index is 12.7. The van der Waals surface area contributed by atoms with E-state index in [2.05, 4.69) is 20.6 Å². The fourth-order valence-corrected chi connectivity index (χ4v) is 4.04. The Morgan fingerprint density at radius 2 is 1.86 bits per heavy atom. The quantitative estimate of drug-likeness (QED) is 0.587. The molecule has 1 aliphatic rings. The van der Waals surface area contributed by atoms with Crippen molar-refractivity contribution in [1.82, 2.24) is 20.6 Å². The molecule has 0 spiro atoms. The zero-order chi connectivity index (χ0) is 20.3. The summed E-state index contributed by atoms with van der Waals surface area (Å²) >= 11 is 1.47. The van der Waals surface area contributed by atoms with E-state index in [0.29, 0.717) is 41.4 Å². The van der Waals surface area contributed by atoms with Crippen LogP contribution in [0.5, 0.6) is 0 Å². The second kappa shape index (κ2) is 8.60. The zero-order valence-electron chi connectivity index (χ0n) is 16.3. The molecule has 0 aliphatic carbocycles. The van der Waals surface area contributed by atoms with Gasteiger partial charge in [-0.1, -0.05) is 6.07 Å². The summed E-state index contributed by atoms with van der Waals surface area (Å²) < 4.78 is 0. The molecule has 0 saturated carbocycles. The first-order chi connectivity index (χ1) is 13.3. The Bertz CT molecular complexity index is 916. The molecule has 4 bridgehead atoms. The number of fused-ring (bicyclic) bond motifs is 5. The van der Waals surface area contributed by atoms with Crippen LogP contribution in [0.15, 0.2) is 23.2 Å². The van der Waals surface area contributed by atoms with E-state index in [1.54, 1.807) is 0 Å². The Hall–Kier alpha value is -2.61. The Morgan fingerprint density at radius 1 is 1.11 bits per heavy atom. The number of thioether (sulfide) groups is 1. The molecule has 28 heavy (non-hydrogen) atoms. The Morgan fingerprint density at radius 3 is 2.64 bits per heavy atom. The van der Waals surface area contributed by atoms with Gasteiger partial charge in [0.05, 0.1) is 5.69 Å². The molecule has 1 atom stereocenters. The van der Waals surface area contributed by atoms with Crippen LogP contribution in [0.25, 0.3) is 11.3 Å². The average molecular weight is 400 g/mol. The standard InChI is InChI=1S/C20H25N5O2S/c1-11-8-12(2)15-9-14(11)16-10-18(25-20(21)24-16)28-7-5-17(26)23-13(3)4-6-22-19(15)27/h8-10,13H,4-7H2,1-3H3,(H,22,27)(H,23,26)(H2,21,24,25). The summed E-state index contributed by atoms with van der Waals surface area (Å²) in [6.45, 7) is 6.33. The van der Waals surface area contributed by atoms with E-state index in [1.165, 1.54) is 11.8 Å². The number of aromatic nitrogens is 2. The number of hydrogen-bond donors (Lipinski definition) is 3. The molecule has 2 heterocycles. The fraction of sp³-hybridized carbons (Fsp3) is 0.400. The number of carbonyl (C=O) groups excluding carboxylic acids is 2. The largest absolute Gasteiger partial charge is 0.368 e. The summed E-state index contributed by atoms with van der Waals surface area (Å²) in [6.07, 6.45) is 1.05. The molecule has 0 fully saturated rings. The van der Waals surface area contributed by atoms with Crippen molar-refractivity contribution >= 4 is 29.5 Å². The maximum atomic E-state index is 12.7. The normalized spacial score (nSPS) is 18.3. The lowest BCUT2D eigenvalue weighted by Crippen LogP contribution is -2.36. The monoisotopic (exact) mass is 399 g/mol. The van der Waals surface area contributed by atoms with Gasteiger partial charge in [-0.3, -0.25) is 9.59 Å². The Balaban J connectivity index is 2.03. The second-order valence-electron chi connectivity index (χ2n) is 7.04. The molecule has 0 saturated heterocycles. The topological polar surface area (TPSA) is 110 Å². The van der Waals surface area contributed by atoms with E-state index in [1.807, 2.05) is 39.0 Å². The van der Waals surface area contributed by atoms with Crippen molar-refractivity contribution in [2.24, 2.45) is 0 Å². The molecule has 3 rings (SSSR count). The fourth-order valence-electron chi connectivity index (χ4n) is 3.19. The van der Waals surface area contributed by atoms with Crippen LogP contribution in [0.1, 0.15) is 41.3 Å². The van der Waals surface area contributed by atoms with Crippen molar-refractivity contribution in [1.29, 1.82) is 0 Å². The molecule has 0 radical (unpaired) electrons. The van der Waals surface area contributed by atoms with Crippen molar-refractivity contribution in [2.75, 3.05) is 18.0 Å². The van der Waals surface area contributed by atoms with Crippen LogP contribution in [0.4, 0.5) is 5.95 Å². The Labute approximate surface area is 168 Å². The van der Waals surface area contributed by atoms with Gasteiger partial charge in [0.2, 0.25) is 11.9 Å². The molecule has 2 aromatic rings. The van der Waals surface area contributed by atoms with Gasteiger partial charge in [0.15, 0.2) is 0 Å². The van der Waals surface area contributed by atoms with Gasteiger partial charge in [0.25, 0.3) is 5.91 Å². The first kappa shape index (κ1) is 20.1. The first-order valence-electron chi connectivity index (χ1n) is 9.30.